The van der Waals surface area contributed by atoms with Crippen LogP contribution < -0.4 is 11.1 Å². The number of rotatable bonds is 13. The number of ether oxygens (including phenoxy) is 2. The smallest absolute Gasteiger partial charge is 0.325 e. The van der Waals surface area contributed by atoms with Crippen LogP contribution >= 0.6 is 0 Å². The number of aliphatic hydroxyl groups is 1. The first-order valence-corrected chi connectivity index (χ1v) is 10.5. The van der Waals surface area contributed by atoms with Gasteiger partial charge >= 0.3 is 12.0 Å². The van der Waals surface area contributed by atoms with Gasteiger partial charge in [0.25, 0.3) is 0 Å². The standard InChI is InChI=1S/C21H29FN6O5/c1-4-6-7-8-9-15(30)24-10-16(31)33-12-21(5-2,32-3)14(29)11-28-13-25-17-18(23)26-20(22)27-19(17)28/h2,13-14,29H,4,6-12H2,1,3H3,(H,24,30)(H2,23,26,27)/t14-,21?/m0/s1. The van der Waals surface area contributed by atoms with Gasteiger partial charge in [0.15, 0.2) is 17.1 Å². The number of hydrogen-bond donors (Lipinski definition) is 3. The van der Waals surface area contributed by atoms with E-state index in [1.165, 1.54) is 18.0 Å². The van der Waals surface area contributed by atoms with Crippen molar-refractivity contribution < 1.29 is 28.6 Å². The summed E-state index contributed by atoms with van der Waals surface area (Å²) >= 11 is 0. The van der Waals surface area contributed by atoms with Gasteiger partial charge in [0.2, 0.25) is 5.91 Å². The van der Waals surface area contributed by atoms with E-state index in [1.54, 1.807) is 0 Å². The molecular formula is C21H29FN6O5. The van der Waals surface area contributed by atoms with Gasteiger partial charge < -0.3 is 30.2 Å². The molecule has 4 N–H and O–H groups in total. The molecule has 2 atom stereocenters. The normalized spacial score (nSPS) is 13.8. The van der Waals surface area contributed by atoms with Gasteiger partial charge in [0, 0.05) is 13.5 Å². The minimum Gasteiger partial charge on any atom is -0.460 e. The molecule has 0 aliphatic heterocycles. The molecule has 2 rings (SSSR count). The second kappa shape index (κ2) is 12.1. The van der Waals surface area contributed by atoms with Crippen molar-refractivity contribution in [3.63, 3.8) is 0 Å². The van der Waals surface area contributed by atoms with Crippen LogP contribution in [-0.2, 0) is 25.6 Å². The maximum Gasteiger partial charge on any atom is 0.325 e. The summed E-state index contributed by atoms with van der Waals surface area (Å²) in [6, 6.07) is 0. The molecule has 2 heterocycles. The van der Waals surface area contributed by atoms with Crippen molar-refractivity contribution >= 4 is 28.9 Å². The molecule has 180 valence electrons. The van der Waals surface area contributed by atoms with Crippen LogP contribution in [0.3, 0.4) is 0 Å². The lowest BCUT2D eigenvalue weighted by Crippen LogP contribution is -2.50. The number of aromatic nitrogens is 4. The lowest BCUT2D eigenvalue weighted by Gasteiger charge is -2.31. The Bertz CT molecular complexity index is 1010. The van der Waals surface area contributed by atoms with Gasteiger partial charge in [-0.25, -0.2) is 4.98 Å². The van der Waals surface area contributed by atoms with Crippen molar-refractivity contribution in [1.29, 1.82) is 0 Å². The van der Waals surface area contributed by atoms with Gasteiger partial charge in [-0.2, -0.15) is 14.4 Å². The summed E-state index contributed by atoms with van der Waals surface area (Å²) in [5.74, 6) is 1.16. The number of amides is 1. The second-order valence-electron chi connectivity index (χ2n) is 7.45. The predicted molar refractivity (Wildman–Crippen MR) is 117 cm³/mol. The molecule has 0 fully saturated rings. The zero-order valence-electron chi connectivity index (χ0n) is 18.7. The van der Waals surface area contributed by atoms with E-state index in [9.17, 15) is 19.1 Å². The lowest BCUT2D eigenvalue weighted by atomic mass is 9.98. The first-order chi connectivity index (χ1) is 15.8. The Balaban J connectivity index is 1.95. The van der Waals surface area contributed by atoms with Crippen molar-refractivity contribution in [3.8, 4) is 12.3 Å². The topological polar surface area (TPSA) is 154 Å². The summed E-state index contributed by atoms with van der Waals surface area (Å²) in [6.07, 6.45) is 8.54. The van der Waals surface area contributed by atoms with E-state index in [4.69, 9.17) is 21.6 Å². The molecule has 2 aromatic rings. The summed E-state index contributed by atoms with van der Waals surface area (Å²) < 4.78 is 25.3. The molecule has 0 bridgehead atoms. The molecule has 0 saturated carbocycles. The number of nitrogen functional groups attached to an aromatic ring is 1. The van der Waals surface area contributed by atoms with Gasteiger partial charge in [-0.3, -0.25) is 9.59 Å². The number of methoxy groups -OCH3 is 1. The zero-order chi connectivity index (χ0) is 24.4. The Labute approximate surface area is 190 Å². The number of imidazole rings is 1. The number of carbonyl (C=O) groups is 2. The fourth-order valence-electron chi connectivity index (χ4n) is 3.10. The van der Waals surface area contributed by atoms with Gasteiger partial charge in [0.1, 0.15) is 24.8 Å². The van der Waals surface area contributed by atoms with Crippen LogP contribution in [0.2, 0.25) is 0 Å². The first kappa shape index (κ1) is 26.0. The van der Waals surface area contributed by atoms with Crippen molar-refractivity contribution in [2.24, 2.45) is 0 Å². The number of anilines is 1. The average molecular weight is 464 g/mol. The van der Waals surface area contributed by atoms with Crippen LogP contribution in [-0.4, -0.2) is 68.5 Å². The SMILES string of the molecule is C#CC(COC(=O)CNC(=O)CCCCCC)(OC)[C@@H](O)Cn1cnc2c(N)nc(F)nc21. The maximum atomic E-state index is 13.6. The number of fused-ring (bicyclic) bond motifs is 1. The molecule has 2 aromatic heterocycles. The van der Waals surface area contributed by atoms with E-state index in [0.717, 1.165) is 25.7 Å². The summed E-state index contributed by atoms with van der Waals surface area (Å²) in [4.78, 5) is 34.9. The number of unbranched alkanes of at least 4 members (excludes halogenated alkanes) is 3. The highest BCUT2D eigenvalue weighted by atomic mass is 19.1. The number of nitrogens with one attached hydrogen (secondary N) is 1. The van der Waals surface area contributed by atoms with Crippen LogP contribution in [0.5, 0.6) is 0 Å². The molecule has 0 aromatic carbocycles. The fraction of sp³-hybridized carbons (Fsp3) is 0.571. The second-order valence-corrected chi connectivity index (χ2v) is 7.45. The Morgan fingerprint density at radius 1 is 1.39 bits per heavy atom. The highest BCUT2D eigenvalue weighted by Crippen LogP contribution is 2.21. The molecule has 1 unspecified atom stereocenters. The third kappa shape index (κ3) is 6.84. The van der Waals surface area contributed by atoms with E-state index >= 15 is 0 Å². The molecule has 12 heteroatoms. The van der Waals surface area contributed by atoms with Crippen molar-refractivity contribution in [1.82, 2.24) is 24.8 Å². The summed E-state index contributed by atoms with van der Waals surface area (Å²) in [7, 11) is 1.25. The molecule has 0 saturated heterocycles. The van der Waals surface area contributed by atoms with Gasteiger partial charge in [-0.05, 0) is 6.42 Å². The van der Waals surface area contributed by atoms with Crippen LogP contribution in [0.15, 0.2) is 6.33 Å². The van der Waals surface area contributed by atoms with Crippen molar-refractivity contribution in [3.05, 3.63) is 12.4 Å². The molecule has 0 radical (unpaired) electrons. The third-order valence-corrected chi connectivity index (χ3v) is 5.11. The third-order valence-electron chi connectivity index (χ3n) is 5.11. The molecule has 0 aliphatic rings. The van der Waals surface area contributed by atoms with Crippen LogP contribution in [0.25, 0.3) is 11.2 Å². The molecule has 11 nitrogen and oxygen atoms in total. The van der Waals surface area contributed by atoms with E-state index in [-0.39, 0.29) is 36.0 Å². The molecule has 0 aliphatic carbocycles. The van der Waals surface area contributed by atoms with E-state index in [1.807, 2.05) is 0 Å². The van der Waals surface area contributed by atoms with Gasteiger partial charge in [0.05, 0.1) is 12.9 Å². The van der Waals surface area contributed by atoms with E-state index in [2.05, 4.69) is 33.1 Å². The fourth-order valence-corrected chi connectivity index (χ4v) is 3.10. The van der Waals surface area contributed by atoms with Gasteiger partial charge in [-0.1, -0.05) is 32.1 Å². The van der Waals surface area contributed by atoms with Gasteiger partial charge in [-0.15, -0.1) is 6.42 Å². The molecule has 1 amide bonds. The Hall–Kier alpha value is -3.30. The zero-order valence-corrected chi connectivity index (χ0v) is 18.7. The monoisotopic (exact) mass is 464 g/mol. The van der Waals surface area contributed by atoms with Crippen LogP contribution in [0.1, 0.15) is 39.0 Å². The Kier molecular flexibility index (Phi) is 9.50. The highest BCUT2D eigenvalue weighted by Gasteiger charge is 2.39. The van der Waals surface area contributed by atoms with Crippen LogP contribution in [0, 0.1) is 18.4 Å². The first-order valence-electron chi connectivity index (χ1n) is 10.5. The Morgan fingerprint density at radius 3 is 2.82 bits per heavy atom. The minimum atomic E-state index is -1.71. The number of nitrogens with zero attached hydrogens (tertiary/aromatic N) is 4. The maximum absolute atomic E-state index is 13.6. The lowest BCUT2D eigenvalue weighted by molar-refractivity contribution is -0.157. The number of nitrogens with two attached hydrogens (primary N) is 1. The summed E-state index contributed by atoms with van der Waals surface area (Å²) in [5, 5.41) is 13.2. The van der Waals surface area contributed by atoms with Crippen LogP contribution in [0.4, 0.5) is 10.2 Å². The minimum absolute atomic E-state index is 0.0553. The largest absolute Gasteiger partial charge is 0.460 e. The number of halogens is 1. The number of esters is 1. The summed E-state index contributed by atoms with van der Waals surface area (Å²) in [5.41, 5.74) is 4.13. The van der Waals surface area contributed by atoms with Crippen molar-refractivity contribution in [2.45, 2.75) is 57.3 Å². The number of terminal acetylenes is 1. The highest BCUT2D eigenvalue weighted by molar-refractivity contribution is 5.82. The number of hydrogen-bond acceptors (Lipinski definition) is 9. The Morgan fingerprint density at radius 2 is 2.15 bits per heavy atom. The number of aliphatic hydroxyl groups excluding tert-OH is 1. The van der Waals surface area contributed by atoms with E-state index in [0.29, 0.717) is 6.42 Å². The average Bonchev–Trinajstić information content (AvgIpc) is 3.19. The van der Waals surface area contributed by atoms with Crippen molar-refractivity contribution in [2.75, 3.05) is 26.0 Å². The quantitative estimate of drug-likeness (QED) is 0.167. The molecular weight excluding hydrogens is 435 g/mol. The molecule has 33 heavy (non-hydrogen) atoms. The van der Waals surface area contributed by atoms with E-state index < -0.39 is 30.4 Å². The predicted octanol–water partition coefficient (Wildman–Crippen LogP) is 0.557. The molecule has 0 spiro atoms. The number of carbonyl (C=O) groups excluding carboxylic acids is 2. The summed E-state index contributed by atoms with van der Waals surface area (Å²) in [6.45, 7) is 1.04.